The fraction of sp³-hybridized carbons (Fsp3) is 0.818. The van der Waals surface area contributed by atoms with Gasteiger partial charge in [-0.1, -0.05) is 0 Å². The zero-order chi connectivity index (χ0) is 22.5. The summed E-state index contributed by atoms with van der Waals surface area (Å²) in [5, 5.41) is 0. The first-order chi connectivity index (χ1) is 14.6. The van der Waals surface area contributed by atoms with Gasteiger partial charge in [0.2, 0.25) is 0 Å². The zero-order valence-corrected chi connectivity index (χ0v) is 25.0. The van der Waals surface area contributed by atoms with E-state index >= 15 is 0 Å². The third-order valence-electron chi connectivity index (χ3n) is 4.59. The van der Waals surface area contributed by atoms with E-state index in [-0.39, 0.29) is 12.2 Å². The molecule has 0 aliphatic rings. The van der Waals surface area contributed by atoms with Gasteiger partial charge >= 0.3 is 207 Å². The Morgan fingerprint density at radius 1 is 0.633 bits per heavy atom. The Bertz CT molecular complexity index is 403. The molecule has 0 N–H and O–H groups in total. The van der Waals surface area contributed by atoms with Crippen LogP contribution in [0.5, 0.6) is 0 Å². The van der Waals surface area contributed by atoms with Crippen molar-refractivity contribution in [1.82, 2.24) is 0 Å². The van der Waals surface area contributed by atoms with Crippen molar-refractivity contribution in [3.8, 4) is 0 Å². The maximum absolute atomic E-state index is 11.8. The molecule has 0 aromatic carbocycles. The summed E-state index contributed by atoms with van der Waals surface area (Å²) in [6, 6.07) is 0. The fourth-order valence-electron chi connectivity index (χ4n) is 2.72. The van der Waals surface area contributed by atoms with Gasteiger partial charge in [0.15, 0.2) is 0 Å². The molecule has 0 rings (SSSR count). The molecule has 0 aliphatic heterocycles. The van der Waals surface area contributed by atoms with E-state index in [2.05, 4.69) is 27.7 Å². The maximum atomic E-state index is 11.8. The van der Waals surface area contributed by atoms with E-state index in [1.807, 2.05) is 0 Å². The minimum atomic E-state index is -1.69. The van der Waals surface area contributed by atoms with Gasteiger partial charge < -0.3 is 0 Å². The van der Waals surface area contributed by atoms with E-state index in [9.17, 15) is 9.59 Å². The fourth-order valence-corrected chi connectivity index (χ4v) is 5.98. The first-order valence-corrected chi connectivity index (χ1v) is 16.1. The Morgan fingerprint density at radius 3 is 1.20 bits per heavy atom. The van der Waals surface area contributed by atoms with Crippen molar-refractivity contribution in [3.63, 3.8) is 0 Å². The van der Waals surface area contributed by atoms with Crippen LogP contribution in [0.2, 0.25) is 0 Å². The van der Waals surface area contributed by atoms with Crippen LogP contribution in [0, 0.1) is 0 Å². The van der Waals surface area contributed by atoms with E-state index in [0.717, 1.165) is 89.2 Å². The number of rotatable bonds is 20. The van der Waals surface area contributed by atoms with Crippen molar-refractivity contribution in [2.45, 2.75) is 117 Å². The van der Waals surface area contributed by atoms with Gasteiger partial charge in [-0.2, -0.15) is 0 Å². The zero-order valence-electron chi connectivity index (χ0n) is 19.2. The van der Waals surface area contributed by atoms with Crippen LogP contribution in [0.15, 0.2) is 12.2 Å². The molecule has 0 saturated carbocycles. The molecular weight excluding hydrogens is 598 g/mol. The van der Waals surface area contributed by atoms with Crippen molar-refractivity contribution in [2.24, 2.45) is 0 Å². The van der Waals surface area contributed by atoms with Crippen molar-refractivity contribution in [2.75, 3.05) is 0 Å². The molecule has 172 valence electrons. The summed E-state index contributed by atoms with van der Waals surface area (Å²) >= 11 is -3.37. The quantitative estimate of drug-likeness (QED) is 0.135. The van der Waals surface area contributed by atoms with Gasteiger partial charge in [0, 0.05) is 0 Å². The number of unbranched alkanes of at least 4 members (excludes halogenated alkanes) is 4. The normalized spacial score (nSPS) is 11.5. The first-order valence-electron chi connectivity index (χ1n) is 11.5. The summed E-state index contributed by atoms with van der Waals surface area (Å²) in [7, 11) is 0. The van der Waals surface area contributed by atoms with Gasteiger partial charge in [0.05, 0.1) is 0 Å². The topological polar surface area (TPSA) is 71.1 Å². The molecule has 8 heteroatoms. The van der Waals surface area contributed by atoms with Gasteiger partial charge in [-0.15, -0.1) is 0 Å². The second-order valence-corrected chi connectivity index (χ2v) is 10.9. The Kier molecular flexibility index (Phi) is 22.5. The van der Waals surface area contributed by atoms with Crippen LogP contribution in [-0.4, -0.2) is 68.1 Å². The predicted octanol–water partition coefficient (Wildman–Crippen LogP) is 5.23. The Morgan fingerprint density at radius 2 is 0.933 bits per heavy atom. The molecule has 0 bridgehead atoms. The molecule has 0 unspecified atom stereocenters. The summed E-state index contributed by atoms with van der Waals surface area (Å²) in [6.45, 7) is 8.63. The third kappa shape index (κ3) is 18.9. The average Bonchev–Trinajstić information content (AvgIpc) is 2.75. The summed E-state index contributed by atoms with van der Waals surface area (Å²) in [5.41, 5.74) is 0. The number of carbonyl (C=O) groups is 2. The van der Waals surface area contributed by atoms with Gasteiger partial charge in [-0.3, -0.25) is 0 Å². The second kappa shape index (κ2) is 22.4. The van der Waals surface area contributed by atoms with Crippen molar-refractivity contribution in [3.05, 3.63) is 12.2 Å². The van der Waals surface area contributed by atoms with Crippen LogP contribution >= 0.6 is 0 Å². The van der Waals surface area contributed by atoms with Crippen molar-refractivity contribution < 1.29 is 21.9 Å². The van der Waals surface area contributed by atoms with Crippen LogP contribution in [-0.2, 0) is 21.9 Å². The molecule has 4 radical (unpaired) electrons. The van der Waals surface area contributed by atoms with Crippen LogP contribution in [0.25, 0.3) is 0 Å². The molecule has 0 aromatic heterocycles. The molecule has 0 saturated heterocycles. The molecule has 30 heavy (non-hydrogen) atoms. The Balaban J connectivity index is 4.10. The van der Waals surface area contributed by atoms with E-state index < -0.39 is 55.9 Å². The van der Waals surface area contributed by atoms with E-state index in [1.165, 1.54) is 0 Å². The van der Waals surface area contributed by atoms with Crippen LogP contribution in [0.4, 0.5) is 0 Å². The minimum absolute atomic E-state index is 0.191. The average molecular weight is 638 g/mol. The molecule has 0 atom stereocenters. The van der Waals surface area contributed by atoms with Crippen molar-refractivity contribution >= 4 is 55.9 Å². The van der Waals surface area contributed by atoms with Gasteiger partial charge in [-0.05, 0) is 0 Å². The first kappa shape index (κ1) is 30.2. The monoisotopic (exact) mass is 640 g/mol. The van der Waals surface area contributed by atoms with Crippen LogP contribution < -0.4 is 0 Å². The molecule has 0 aliphatic carbocycles. The summed E-state index contributed by atoms with van der Waals surface area (Å²) in [6.07, 6.45) is 15.7. The van der Waals surface area contributed by atoms with E-state index in [1.54, 1.807) is 0 Å². The van der Waals surface area contributed by atoms with Gasteiger partial charge in [-0.25, -0.2) is 0 Å². The van der Waals surface area contributed by atoms with Gasteiger partial charge in [0.1, 0.15) is 0 Å². The Hall–Kier alpha value is 0.197. The third-order valence-corrected chi connectivity index (χ3v) is 8.66. The predicted molar refractivity (Wildman–Crippen MR) is 121 cm³/mol. The molecule has 0 aromatic rings. The molecule has 6 nitrogen and oxygen atoms in total. The molecule has 0 fully saturated rings. The van der Waals surface area contributed by atoms with Crippen molar-refractivity contribution in [1.29, 1.82) is 0 Å². The standard InChI is InChI=1S/2C9H19O.C4H4O4.2Sn/c2*1-3-5-7-9(10)8-6-4-2;5-3(6)1-2-4(7)8;;/h2*9H,3-8H2,1-2H3;1-2H,(H,5,6)(H,7,8);;/q2*-1;;2*+2/p-2/b;;2-1-;;. The van der Waals surface area contributed by atoms with Gasteiger partial charge in [0.25, 0.3) is 0 Å². The summed E-state index contributed by atoms with van der Waals surface area (Å²) in [5.74, 6) is -1.06. The molecule has 0 amide bonds. The summed E-state index contributed by atoms with van der Waals surface area (Å²) in [4.78, 5) is 23.6. The molecule has 0 heterocycles. The van der Waals surface area contributed by atoms with E-state index in [0.29, 0.717) is 0 Å². The molecule has 0 spiro atoms. The van der Waals surface area contributed by atoms with Crippen LogP contribution in [0.3, 0.4) is 0 Å². The van der Waals surface area contributed by atoms with Crippen LogP contribution in [0.1, 0.15) is 105 Å². The SMILES string of the molecule is CCCCC(CCCC)[O][Sn][O]C(=O)/C=C\C(=O)[O][Sn][O]C(CCCC)CCCC. The summed E-state index contributed by atoms with van der Waals surface area (Å²) < 4.78 is 22.1. The second-order valence-electron chi connectivity index (χ2n) is 7.39. The number of carbonyl (C=O) groups excluding carboxylic acids is 2. The number of hydrogen-bond donors (Lipinski definition) is 0. The number of hydrogen-bond acceptors (Lipinski definition) is 6. The Labute approximate surface area is 205 Å². The molecular formula is C22H40O6Sn2. The van der Waals surface area contributed by atoms with E-state index in [4.69, 9.17) is 12.3 Å².